The van der Waals surface area contributed by atoms with Crippen LogP contribution in [0.25, 0.3) is 0 Å². The first kappa shape index (κ1) is 18.1. The summed E-state index contributed by atoms with van der Waals surface area (Å²) in [6.07, 6.45) is 7.39. The van der Waals surface area contributed by atoms with E-state index in [0.29, 0.717) is 11.6 Å². The Morgan fingerprint density at radius 1 is 1.07 bits per heavy atom. The number of piperidine rings is 1. The molecule has 2 aliphatic rings. The van der Waals surface area contributed by atoms with E-state index in [2.05, 4.69) is 20.9 Å². The Bertz CT molecular complexity index is 771. The molecule has 2 saturated heterocycles. The fraction of sp³-hybridized carbons (Fsp3) is 0.500. The third-order valence-corrected chi connectivity index (χ3v) is 6.05. The SMILES string of the molecule is Cc1cccc(C(=O)N2CCC(C3CCN(Cc4cccnc4)CC3)C2)n1. The topological polar surface area (TPSA) is 49.3 Å². The van der Waals surface area contributed by atoms with E-state index < -0.39 is 0 Å². The van der Waals surface area contributed by atoms with Crippen LogP contribution in [0.15, 0.2) is 42.7 Å². The monoisotopic (exact) mass is 364 g/mol. The van der Waals surface area contributed by atoms with Crippen LogP contribution < -0.4 is 0 Å². The summed E-state index contributed by atoms with van der Waals surface area (Å²) >= 11 is 0. The molecule has 0 bridgehead atoms. The number of nitrogens with zero attached hydrogens (tertiary/aromatic N) is 4. The molecule has 0 aromatic carbocycles. The highest BCUT2D eigenvalue weighted by molar-refractivity contribution is 5.92. The van der Waals surface area contributed by atoms with Crippen LogP contribution >= 0.6 is 0 Å². The van der Waals surface area contributed by atoms with Gasteiger partial charge in [0.05, 0.1) is 0 Å². The highest BCUT2D eigenvalue weighted by Crippen LogP contribution is 2.32. The number of pyridine rings is 2. The molecule has 27 heavy (non-hydrogen) atoms. The summed E-state index contributed by atoms with van der Waals surface area (Å²) in [4.78, 5) is 25.9. The van der Waals surface area contributed by atoms with E-state index in [1.165, 1.54) is 18.4 Å². The average Bonchev–Trinajstić information content (AvgIpc) is 3.19. The average molecular weight is 364 g/mol. The van der Waals surface area contributed by atoms with Gasteiger partial charge in [0.1, 0.15) is 5.69 Å². The lowest BCUT2D eigenvalue weighted by atomic mass is 9.83. The van der Waals surface area contributed by atoms with Gasteiger partial charge in [0.15, 0.2) is 0 Å². The molecule has 1 amide bonds. The minimum Gasteiger partial charge on any atom is -0.337 e. The van der Waals surface area contributed by atoms with E-state index in [1.807, 2.05) is 48.5 Å². The second-order valence-corrected chi connectivity index (χ2v) is 7.94. The Labute approximate surface area is 161 Å². The Kier molecular flexibility index (Phi) is 5.48. The summed E-state index contributed by atoms with van der Waals surface area (Å²) in [6, 6.07) is 9.84. The van der Waals surface area contributed by atoms with Crippen molar-refractivity contribution in [3.05, 3.63) is 59.7 Å². The first-order chi connectivity index (χ1) is 13.2. The summed E-state index contributed by atoms with van der Waals surface area (Å²) in [5.74, 6) is 1.47. The van der Waals surface area contributed by atoms with Crippen molar-refractivity contribution < 1.29 is 4.79 Å². The lowest BCUT2D eigenvalue weighted by Crippen LogP contribution is -2.37. The molecule has 0 N–H and O–H groups in total. The van der Waals surface area contributed by atoms with Gasteiger partial charge >= 0.3 is 0 Å². The van der Waals surface area contributed by atoms with Gasteiger partial charge in [-0.15, -0.1) is 0 Å². The van der Waals surface area contributed by atoms with Crippen LogP contribution in [0.3, 0.4) is 0 Å². The van der Waals surface area contributed by atoms with E-state index in [-0.39, 0.29) is 5.91 Å². The van der Waals surface area contributed by atoms with Gasteiger partial charge in [-0.2, -0.15) is 0 Å². The Hall–Kier alpha value is -2.27. The maximum atomic E-state index is 12.7. The van der Waals surface area contributed by atoms with Crippen LogP contribution in [0.2, 0.25) is 0 Å². The van der Waals surface area contributed by atoms with Gasteiger partial charge in [-0.3, -0.25) is 14.7 Å². The second-order valence-electron chi connectivity index (χ2n) is 7.94. The lowest BCUT2D eigenvalue weighted by Gasteiger charge is -2.34. The van der Waals surface area contributed by atoms with Crippen LogP contribution in [-0.4, -0.2) is 51.9 Å². The highest BCUT2D eigenvalue weighted by Gasteiger charge is 2.34. The number of hydrogen-bond donors (Lipinski definition) is 0. The first-order valence-electron chi connectivity index (χ1n) is 10.0. The molecule has 4 rings (SSSR count). The van der Waals surface area contributed by atoms with Gasteiger partial charge in [-0.05, 0) is 74.9 Å². The van der Waals surface area contributed by atoms with Crippen LogP contribution in [-0.2, 0) is 6.54 Å². The summed E-state index contributed by atoms with van der Waals surface area (Å²) < 4.78 is 0. The predicted octanol–water partition coefficient (Wildman–Crippen LogP) is 3.16. The first-order valence-corrected chi connectivity index (χ1v) is 10.0. The zero-order valence-electron chi connectivity index (χ0n) is 16.1. The predicted molar refractivity (Wildman–Crippen MR) is 105 cm³/mol. The van der Waals surface area contributed by atoms with Crippen molar-refractivity contribution in [1.29, 1.82) is 0 Å². The molecule has 142 valence electrons. The van der Waals surface area contributed by atoms with Crippen LogP contribution in [0.5, 0.6) is 0 Å². The summed E-state index contributed by atoms with van der Waals surface area (Å²) in [5, 5.41) is 0. The normalized spacial score (nSPS) is 21.5. The maximum Gasteiger partial charge on any atom is 0.272 e. The summed E-state index contributed by atoms with van der Waals surface area (Å²) in [5.41, 5.74) is 2.78. The molecule has 5 heteroatoms. The van der Waals surface area contributed by atoms with Crippen molar-refractivity contribution in [3.8, 4) is 0 Å². The van der Waals surface area contributed by atoms with Gasteiger partial charge in [0, 0.05) is 37.7 Å². The molecule has 0 spiro atoms. The minimum absolute atomic E-state index is 0.0928. The van der Waals surface area contributed by atoms with E-state index >= 15 is 0 Å². The molecule has 4 heterocycles. The molecule has 0 radical (unpaired) electrons. The van der Waals surface area contributed by atoms with Crippen LogP contribution in [0.4, 0.5) is 0 Å². The molecule has 0 aliphatic carbocycles. The molecular formula is C22H28N4O. The molecule has 2 aromatic heterocycles. The molecule has 0 saturated carbocycles. The molecule has 2 aromatic rings. The maximum absolute atomic E-state index is 12.7. The standard InChI is InChI=1S/C22H28N4O/c1-17-4-2-6-21(24-17)22(27)26-13-9-20(16-26)19-7-11-25(12-8-19)15-18-5-3-10-23-14-18/h2-6,10,14,19-20H,7-9,11-13,15-16H2,1H3. The van der Waals surface area contributed by atoms with E-state index in [9.17, 15) is 4.79 Å². The number of likely N-dealkylation sites (tertiary alicyclic amines) is 2. The van der Waals surface area contributed by atoms with Gasteiger partial charge in [-0.1, -0.05) is 12.1 Å². The fourth-order valence-electron chi connectivity index (χ4n) is 4.51. The number of rotatable bonds is 4. The highest BCUT2D eigenvalue weighted by atomic mass is 16.2. The molecule has 2 aliphatic heterocycles. The number of carbonyl (C=O) groups excluding carboxylic acids is 1. The quantitative estimate of drug-likeness (QED) is 0.836. The van der Waals surface area contributed by atoms with Crippen molar-refractivity contribution in [1.82, 2.24) is 19.8 Å². The van der Waals surface area contributed by atoms with Crippen molar-refractivity contribution in [3.63, 3.8) is 0 Å². The number of carbonyl (C=O) groups is 1. The Balaban J connectivity index is 1.28. The van der Waals surface area contributed by atoms with Crippen molar-refractivity contribution in [2.45, 2.75) is 32.7 Å². The third kappa shape index (κ3) is 4.35. The molecule has 5 nitrogen and oxygen atoms in total. The van der Waals surface area contributed by atoms with Crippen molar-refractivity contribution in [2.24, 2.45) is 11.8 Å². The number of hydrogen-bond acceptors (Lipinski definition) is 4. The number of aromatic nitrogens is 2. The Morgan fingerprint density at radius 3 is 2.63 bits per heavy atom. The number of aryl methyl sites for hydroxylation is 1. The summed E-state index contributed by atoms with van der Waals surface area (Å²) in [6.45, 7) is 6.97. The zero-order chi connectivity index (χ0) is 18.6. The van der Waals surface area contributed by atoms with E-state index in [0.717, 1.165) is 50.8 Å². The third-order valence-electron chi connectivity index (χ3n) is 6.05. The molecule has 2 fully saturated rings. The van der Waals surface area contributed by atoms with E-state index in [4.69, 9.17) is 0 Å². The van der Waals surface area contributed by atoms with Gasteiger partial charge in [-0.25, -0.2) is 4.98 Å². The summed E-state index contributed by atoms with van der Waals surface area (Å²) in [7, 11) is 0. The molecular weight excluding hydrogens is 336 g/mol. The van der Waals surface area contributed by atoms with Crippen LogP contribution in [0, 0.1) is 18.8 Å². The second kappa shape index (κ2) is 8.17. The van der Waals surface area contributed by atoms with Gasteiger partial charge < -0.3 is 4.90 Å². The van der Waals surface area contributed by atoms with Gasteiger partial charge in [0.2, 0.25) is 0 Å². The molecule has 1 atom stereocenters. The fourth-order valence-corrected chi connectivity index (χ4v) is 4.51. The number of amides is 1. The van der Waals surface area contributed by atoms with E-state index in [1.54, 1.807) is 0 Å². The zero-order valence-corrected chi connectivity index (χ0v) is 16.1. The smallest absolute Gasteiger partial charge is 0.272 e. The van der Waals surface area contributed by atoms with Crippen molar-refractivity contribution in [2.75, 3.05) is 26.2 Å². The lowest BCUT2D eigenvalue weighted by molar-refractivity contribution is 0.0767. The van der Waals surface area contributed by atoms with Gasteiger partial charge in [0.25, 0.3) is 5.91 Å². The largest absolute Gasteiger partial charge is 0.337 e. The Morgan fingerprint density at radius 2 is 1.89 bits per heavy atom. The van der Waals surface area contributed by atoms with Crippen LogP contribution in [0.1, 0.15) is 41.0 Å². The minimum atomic E-state index is 0.0928. The van der Waals surface area contributed by atoms with Crippen molar-refractivity contribution >= 4 is 5.91 Å². The molecule has 1 unspecified atom stereocenters.